The van der Waals surface area contributed by atoms with E-state index < -0.39 is 4.92 Å². The Bertz CT molecular complexity index is 543. The lowest BCUT2D eigenvalue weighted by Gasteiger charge is -2.33. The number of hydrogen-bond acceptors (Lipinski definition) is 8. The van der Waals surface area contributed by atoms with Gasteiger partial charge in [0, 0.05) is 32.2 Å². The van der Waals surface area contributed by atoms with Crippen LogP contribution in [0, 0.1) is 10.1 Å². The molecule has 22 heavy (non-hydrogen) atoms. The molecular weight excluding hydrogens is 286 g/mol. The molecule has 1 aliphatic heterocycles. The maximum Gasteiger partial charge on any atom is 0.353 e. The zero-order chi connectivity index (χ0) is 16.3. The molecule has 1 saturated heterocycles. The zero-order valence-electron chi connectivity index (χ0n) is 13.2. The second kappa shape index (κ2) is 6.73. The van der Waals surface area contributed by atoms with E-state index in [1.807, 2.05) is 25.8 Å². The Balaban J connectivity index is 2.37. The van der Waals surface area contributed by atoms with Crippen LogP contribution in [-0.2, 0) is 0 Å². The number of nitrogen functional groups attached to an aromatic ring is 1. The first-order valence-electron chi connectivity index (χ1n) is 7.44. The highest BCUT2D eigenvalue weighted by atomic mass is 16.6. The van der Waals surface area contributed by atoms with Gasteiger partial charge in [0.05, 0.1) is 4.92 Å². The highest BCUT2D eigenvalue weighted by Crippen LogP contribution is 2.32. The van der Waals surface area contributed by atoms with E-state index in [-0.39, 0.29) is 17.5 Å². The lowest BCUT2D eigenvalue weighted by atomic mass is 10.3. The van der Waals surface area contributed by atoms with Gasteiger partial charge in [0.2, 0.25) is 17.6 Å². The molecule has 0 aromatic carbocycles. The number of aromatic nitrogens is 2. The minimum absolute atomic E-state index is 0.0975. The first-order valence-corrected chi connectivity index (χ1v) is 7.44. The largest absolute Gasteiger partial charge is 0.378 e. The van der Waals surface area contributed by atoms with Crippen LogP contribution >= 0.6 is 0 Å². The number of nitrogens with one attached hydrogen (secondary N) is 1. The van der Waals surface area contributed by atoms with Gasteiger partial charge < -0.3 is 20.9 Å². The van der Waals surface area contributed by atoms with Gasteiger partial charge >= 0.3 is 5.69 Å². The van der Waals surface area contributed by atoms with Crippen molar-refractivity contribution >= 4 is 23.3 Å². The minimum atomic E-state index is -0.504. The summed E-state index contributed by atoms with van der Waals surface area (Å²) in [5, 5.41) is 14.5. The fourth-order valence-electron chi connectivity index (χ4n) is 2.26. The molecule has 9 nitrogen and oxygen atoms in total. The summed E-state index contributed by atoms with van der Waals surface area (Å²) >= 11 is 0. The number of anilines is 3. The Labute approximate surface area is 129 Å². The maximum absolute atomic E-state index is 11.3. The van der Waals surface area contributed by atoms with E-state index in [2.05, 4.69) is 20.2 Å². The van der Waals surface area contributed by atoms with Crippen LogP contribution in [0.4, 0.5) is 23.3 Å². The zero-order valence-corrected chi connectivity index (χ0v) is 13.2. The van der Waals surface area contributed by atoms with Gasteiger partial charge in [0.15, 0.2) is 0 Å². The summed E-state index contributed by atoms with van der Waals surface area (Å²) in [6, 6.07) is 0.168. The molecule has 0 spiro atoms. The van der Waals surface area contributed by atoms with Crippen molar-refractivity contribution in [1.82, 2.24) is 14.9 Å². The molecule has 3 N–H and O–H groups in total. The standard InChI is InChI=1S/C13H23N7O2/c1-4-9(2)15-13-16-11(14)10(20(21)22)12(17-13)19-7-5-18(3)6-8-19/h9H,4-8H2,1-3H3,(H3,14,15,16,17)/t9-/m0/s1. The van der Waals surface area contributed by atoms with Gasteiger partial charge in [0.25, 0.3) is 0 Å². The predicted octanol–water partition coefficient (Wildman–Crippen LogP) is 0.929. The van der Waals surface area contributed by atoms with Crippen LogP contribution in [0.1, 0.15) is 20.3 Å². The number of nitro groups is 1. The number of hydrogen-bond donors (Lipinski definition) is 2. The first kappa shape index (κ1) is 16.2. The maximum atomic E-state index is 11.3. The summed E-state index contributed by atoms with van der Waals surface area (Å²) in [6.45, 7) is 7.04. The molecule has 2 rings (SSSR count). The van der Waals surface area contributed by atoms with Gasteiger partial charge in [-0.25, -0.2) is 0 Å². The average Bonchev–Trinajstić information content (AvgIpc) is 2.46. The Hall–Kier alpha value is -2.16. The summed E-state index contributed by atoms with van der Waals surface area (Å²) in [4.78, 5) is 23.3. The molecule has 0 amide bonds. The molecule has 0 unspecified atom stereocenters. The lowest BCUT2D eigenvalue weighted by Crippen LogP contribution is -2.45. The Morgan fingerprint density at radius 3 is 2.55 bits per heavy atom. The molecule has 0 saturated carbocycles. The second-order valence-electron chi connectivity index (χ2n) is 5.61. The summed E-state index contributed by atoms with van der Waals surface area (Å²) < 4.78 is 0. The van der Waals surface area contributed by atoms with E-state index in [1.165, 1.54) is 0 Å². The third-order valence-electron chi connectivity index (χ3n) is 3.87. The molecule has 1 atom stereocenters. The van der Waals surface area contributed by atoms with Crippen molar-refractivity contribution in [3.8, 4) is 0 Å². The van der Waals surface area contributed by atoms with Crippen molar-refractivity contribution in [3.05, 3.63) is 10.1 Å². The lowest BCUT2D eigenvalue weighted by molar-refractivity contribution is -0.383. The van der Waals surface area contributed by atoms with Crippen molar-refractivity contribution in [3.63, 3.8) is 0 Å². The van der Waals surface area contributed by atoms with Gasteiger partial charge in [-0.2, -0.15) is 9.97 Å². The average molecular weight is 309 g/mol. The fraction of sp³-hybridized carbons (Fsp3) is 0.692. The SMILES string of the molecule is CC[C@H](C)Nc1nc(N)c([N+](=O)[O-])c(N2CCN(C)CC2)n1. The molecule has 1 aromatic heterocycles. The van der Waals surface area contributed by atoms with Crippen molar-refractivity contribution in [1.29, 1.82) is 0 Å². The third-order valence-corrected chi connectivity index (χ3v) is 3.87. The number of piperazine rings is 1. The van der Waals surface area contributed by atoms with Crippen LogP contribution in [0.3, 0.4) is 0 Å². The van der Waals surface area contributed by atoms with Crippen LogP contribution in [0.2, 0.25) is 0 Å². The van der Waals surface area contributed by atoms with E-state index >= 15 is 0 Å². The molecule has 0 aliphatic carbocycles. The molecule has 9 heteroatoms. The number of nitrogens with two attached hydrogens (primary N) is 1. The number of likely N-dealkylation sites (N-methyl/N-ethyl adjacent to an activating group) is 1. The molecule has 0 bridgehead atoms. The van der Waals surface area contributed by atoms with Crippen LogP contribution in [0.25, 0.3) is 0 Å². The predicted molar refractivity (Wildman–Crippen MR) is 86.2 cm³/mol. The van der Waals surface area contributed by atoms with Crippen molar-refractivity contribution in [2.75, 3.05) is 49.2 Å². The van der Waals surface area contributed by atoms with Crippen molar-refractivity contribution in [2.24, 2.45) is 0 Å². The Morgan fingerprint density at radius 2 is 2.00 bits per heavy atom. The monoisotopic (exact) mass is 309 g/mol. The van der Waals surface area contributed by atoms with E-state index in [9.17, 15) is 10.1 Å². The van der Waals surface area contributed by atoms with Crippen molar-refractivity contribution in [2.45, 2.75) is 26.3 Å². The third kappa shape index (κ3) is 3.53. The van der Waals surface area contributed by atoms with E-state index in [0.29, 0.717) is 24.9 Å². The van der Waals surface area contributed by atoms with Gasteiger partial charge in [0.1, 0.15) is 0 Å². The fourth-order valence-corrected chi connectivity index (χ4v) is 2.26. The molecule has 2 heterocycles. The van der Waals surface area contributed by atoms with Gasteiger partial charge in [-0.3, -0.25) is 10.1 Å². The van der Waals surface area contributed by atoms with Crippen LogP contribution in [-0.4, -0.2) is 59.1 Å². The number of nitrogens with zero attached hydrogens (tertiary/aromatic N) is 5. The second-order valence-corrected chi connectivity index (χ2v) is 5.61. The topological polar surface area (TPSA) is 113 Å². The highest BCUT2D eigenvalue weighted by molar-refractivity contribution is 5.71. The minimum Gasteiger partial charge on any atom is -0.378 e. The molecule has 0 radical (unpaired) electrons. The highest BCUT2D eigenvalue weighted by Gasteiger charge is 2.29. The van der Waals surface area contributed by atoms with Crippen molar-refractivity contribution < 1.29 is 4.92 Å². The molecule has 1 aliphatic rings. The van der Waals surface area contributed by atoms with Gasteiger partial charge in [-0.15, -0.1) is 0 Å². The molecule has 122 valence electrons. The molecule has 1 aromatic rings. The summed E-state index contributed by atoms with van der Waals surface area (Å²) in [5.74, 6) is 0.544. The molecular formula is C13H23N7O2. The molecule has 1 fully saturated rings. The quantitative estimate of drug-likeness (QED) is 0.610. The van der Waals surface area contributed by atoms with E-state index in [0.717, 1.165) is 19.5 Å². The summed E-state index contributed by atoms with van der Waals surface area (Å²) in [6.07, 6.45) is 0.893. The smallest absolute Gasteiger partial charge is 0.353 e. The van der Waals surface area contributed by atoms with Crippen LogP contribution in [0.5, 0.6) is 0 Å². The Morgan fingerprint density at radius 1 is 1.36 bits per heavy atom. The summed E-state index contributed by atoms with van der Waals surface area (Å²) in [7, 11) is 2.02. The Kier molecular flexibility index (Phi) is 4.96. The normalized spacial score (nSPS) is 17.3. The van der Waals surface area contributed by atoms with E-state index in [1.54, 1.807) is 0 Å². The van der Waals surface area contributed by atoms with Gasteiger partial charge in [-0.1, -0.05) is 6.92 Å². The summed E-state index contributed by atoms with van der Waals surface area (Å²) in [5.41, 5.74) is 5.60. The van der Waals surface area contributed by atoms with Crippen LogP contribution < -0.4 is 16.0 Å². The van der Waals surface area contributed by atoms with E-state index in [4.69, 9.17) is 5.73 Å². The first-order chi connectivity index (χ1) is 10.4. The van der Waals surface area contributed by atoms with Gasteiger partial charge in [-0.05, 0) is 20.4 Å². The number of rotatable bonds is 5. The van der Waals surface area contributed by atoms with Crippen LogP contribution in [0.15, 0.2) is 0 Å².